The van der Waals surface area contributed by atoms with E-state index in [4.69, 9.17) is 41.7 Å². The second-order valence-electron chi connectivity index (χ2n) is 10.2. The van der Waals surface area contributed by atoms with Crippen molar-refractivity contribution in [3.05, 3.63) is 113 Å². The van der Waals surface area contributed by atoms with Crippen molar-refractivity contribution in [3.63, 3.8) is 0 Å². The van der Waals surface area contributed by atoms with Crippen molar-refractivity contribution < 1.29 is 28.5 Å². The number of para-hydroxylation sites is 1. The van der Waals surface area contributed by atoms with Gasteiger partial charge in [-0.3, -0.25) is 0 Å². The Morgan fingerprint density at radius 3 is 2.18 bits per heavy atom. The van der Waals surface area contributed by atoms with Gasteiger partial charge in [0.15, 0.2) is 0 Å². The number of thiocarbonyl (C=S) groups is 1. The Labute approximate surface area is 270 Å². The van der Waals surface area contributed by atoms with Gasteiger partial charge in [-0.1, -0.05) is 81.0 Å². The molecule has 0 saturated carbocycles. The van der Waals surface area contributed by atoms with Crippen molar-refractivity contribution in [1.29, 1.82) is 0 Å². The molecule has 4 aromatic carbocycles. The van der Waals surface area contributed by atoms with Gasteiger partial charge in [-0.25, -0.2) is 10.6 Å². The Hall–Kier alpha value is -4.60. The van der Waals surface area contributed by atoms with Crippen molar-refractivity contribution in [2.45, 2.75) is 46.1 Å². The first kappa shape index (κ1) is 33.3. The van der Waals surface area contributed by atoms with Crippen LogP contribution in [0.3, 0.4) is 0 Å². The van der Waals surface area contributed by atoms with Crippen LogP contribution in [0.1, 0.15) is 59.3 Å². The van der Waals surface area contributed by atoms with E-state index in [1.165, 1.54) is 7.11 Å². The molecule has 0 bridgehead atoms. The van der Waals surface area contributed by atoms with Gasteiger partial charge in [0, 0.05) is 18.1 Å². The second-order valence-corrected chi connectivity index (χ2v) is 10.6. The highest BCUT2D eigenvalue weighted by Gasteiger charge is 2.18. The molecule has 0 aliphatic rings. The third-order valence-electron chi connectivity index (χ3n) is 7.06. The number of carbonyl (C=O) groups is 1. The second kappa shape index (κ2) is 17.0. The number of hydrogen-bond acceptors (Lipinski definition) is 8. The van der Waals surface area contributed by atoms with E-state index in [9.17, 15) is 4.79 Å². The zero-order valence-corrected chi connectivity index (χ0v) is 26.8. The highest BCUT2D eigenvalue weighted by atomic mass is 32.1. The maximum atomic E-state index is 12.3. The lowest BCUT2D eigenvalue weighted by atomic mass is 10.1. The molecule has 0 spiro atoms. The maximum absolute atomic E-state index is 12.3. The number of rotatable bonds is 16. The molecule has 0 saturated heterocycles. The Balaban J connectivity index is 1.43. The molecule has 4 rings (SSSR count). The minimum Gasteiger partial charge on any atom is -0.493 e. The number of carbonyl (C=O) groups excluding carboxylic acids is 1. The SMILES string of the molecule is CCCc1c(OCCCOc2cc(OCc3ccccc3)c(C(=S)NN)cc2CC)cccc1Oc1ccccc1C(=O)OC. The summed E-state index contributed by atoms with van der Waals surface area (Å²) in [7, 11) is 1.35. The fourth-order valence-corrected chi connectivity index (χ4v) is 4.93. The molecule has 0 aliphatic carbocycles. The largest absolute Gasteiger partial charge is 0.493 e. The van der Waals surface area contributed by atoms with Crippen LogP contribution in [0, 0.1) is 0 Å². The molecule has 0 aromatic heterocycles. The number of benzene rings is 4. The van der Waals surface area contributed by atoms with E-state index >= 15 is 0 Å². The standard InChI is InChI=1S/C36H40N2O6S/c1-4-13-27-30(18-11-19-31(27)44-32-17-10-9-16-28(32)36(39)40-3)41-20-12-21-42-33-23-34(43-24-25-14-7-6-8-15-25)29(35(45)38-37)22-26(33)5-2/h6-11,14-19,22-23H,4-5,12-13,20-21,24,37H2,1-3H3,(H,38,45). The number of nitrogens with one attached hydrogen (secondary N) is 1. The van der Waals surface area contributed by atoms with Gasteiger partial charge in [-0.15, -0.1) is 0 Å². The predicted octanol–water partition coefficient (Wildman–Crippen LogP) is 7.35. The van der Waals surface area contributed by atoms with E-state index < -0.39 is 5.97 Å². The first-order valence-electron chi connectivity index (χ1n) is 15.1. The van der Waals surface area contributed by atoms with Crippen LogP contribution < -0.4 is 30.2 Å². The normalized spacial score (nSPS) is 10.6. The van der Waals surface area contributed by atoms with E-state index in [0.29, 0.717) is 54.0 Å². The van der Waals surface area contributed by atoms with Gasteiger partial charge in [0.1, 0.15) is 45.9 Å². The van der Waals surface area contributed by atoms with E-state index in [1.807, 2.05) is 66.7 Å². The van der Waals surface area contributed by atoms with Crippen molar-refractivity contribution in [2.24, 2.45) is 5.84 Å². The maximum Gasteiger partial charge on any atom is 0.341 e. The zero-order valence-electron chi connectivity index (χ0n) is 26.0. The van der Waals surface area contributed by atoms with E-state index in [1.54, 1.807) is 18.2 Å². The number of hydrazine groups is 1. The van der Waals surface area contributed by atoms with Crippen LogP contribution in [0.5, 0.6) is 28.7 Å². The smallest absolute Gasteiger partial charge is 0.341 e. The van der Waals surface area contributed by atoms with Gasteiger partial charge >= 0.3 is 5.97 Å². The van der Waals surface area contributed by atoms with E-state index in [-0.39, 0.29) is 0 Å². The average molecular weight is 629 g/mol. The third kappa shape index (κ3) is 8.97. The molecule has 0 heterocycles. The molecule has 0 fully saturated rings. The van der Waals surface area contributed by atoms with Crippen LogP contribution in [0.4, 0.5) is 0 Å². The topological polar surface area (TPSA) is 101 Å². The Bertz CT molecular complexity index is 1580. The molecular weight excluding hydrogens is 588 g/mol. The Kier molecular flexibility index (Phi) is 12.6. The van der Waals surface area contributed by atoms with Gasteiger partial charge in [0.25, 0.3) is 0 Å². The number of aryl methyl sites for hydroxylation is 1. The number of methoxy groups -OCH3 is 1. The molecule has 236 valence electrons. The summed E-state index contributed by atoms with van der Waals surface area (Å²) in [4.78, 5) is 12.7. The summed E-state index contributed by atoms with van der Waals surface area (Å²) < 4.78 is 29.8. The fraction of sp³-hybridized carbons (Fsp3) is 0.278. The van der Waals surface area contributed by atoms with Crippen molar-refractivity contribution in [3.8, 4) is 28.7 Å². The molecule has 0 radical (unpaired) electrons. The first-order valence-corrected chi connectivity index (χ1v) is 15.5. The fourth-order valence-electron chi connectivity index (χ4n) is 4.78. The summed E-state index contributed by atoms with van der Waals surface area (Å²) in [6.45, 7) is 5.43. The van der Waals surface area contributed by atoms with Crippen LogP contribution in [-0.2, 0) is 24.2 Å². The summed E-state index contributed by atoms with van der Waals surface area (Å²) in [5.41, 5.74) is 6.63. The lowest BCUT2D eigenvalue weighted by Crippen LogP contribution is -2.29. The Morgan fingerprint density at radius 2 is 1.47 bits per heavy atom. The van der Waals surface area contributed by atoms with Gasteiger partial charge in [-0.05, 0) is 54.3 Å². The third-order valence-corrected chi connectivity index (χ3v) is 7.40. The predicted molar refractivity (Wildman–Crippen MR) is 180 cm³/mol. The van der Waals surface area contributed by atoms with Gasteiger partial charge in [-0.2, -0.15) is 0 Å². The summed E-state index contributed by atoms with van der Waals surface area (Å²) >= 11 is 5.45. The molecule has 9 heteroatoms. The van der Waals surface area contributed by atoms with Gasteiger partial charge in [0.05, 0.1) is 25.9 Å². The summed E-state index contributed by atoms with van der Waals surface area (Å²) in [5, 5.41) is 0. The number of nitrogens with two attached hydrogens (primary N) is 1. The highest BCUT2D eigenvalue weighted by Crippen LogP contribution is 2.35. The van der Waals surface area contributed by atoms with Crippen LogP contribution in [0.15, 0.2) is 84.9 Å². The van der Waals surface area contributed by atoms with E-state index in [0.717, 1.165) is 53.0 Å². The van der Waals surface area contributed by atoms with Crippen LogP contribution in [0.2, 0.25) is 0 Å². The average Bonchev–Trinajstić information content (AvgIpc) is 3.08. The van der Waals surface area contributed by atoms with Crippen LogP contribution in [-0.4, -0.2) is 31.3 Å². The molecule has 45 heavy (non-hydrogen) atoms. The number of ether oxygens (including phenoxy) is 5. The summed E-state index contributed by atoms with van der Waals surface area (Å²) in [6.07, 6.45) is 3.04. The summed E-state index contributed by atoms with van der Waals surface area (Å²) in [5.74, 6) is 8.34. The van der Waals surface area contributed by atoms with Crippen LogP contribution in [0.25, 0.3) is 0 Å². The minimum absolute atomic E-state index is 0.361. The Morgan fingerprint density at radius 1 is 0.778 bits per heavy atom. The molecule has 0 atom stereocenters. The molecule has 3 N–H and O–H groups in total. The lowest BCUT2D eigenvalue weighted by Gasteiger charge is -2.18. The summed E-state index contributed by atoms with van der Waals surface area (Å²) in [6, 6.07) is 26.5. The van der Waals surface area contributed by atoms with Gasteiger partial charge < -0.3 is 29.1 Å². The monoisotopic (exact) mass is 628 g/mol. The van der Waals surface area contributed by atoms with Crippen molar-refractivity contribution in [2.75, 3.05) is 20.3 Å². The molecule has 0 aliphatic heterocycles. The minimum atomic E-state index is -0.454. The van der Waals surface area contributed by atoms with Crippen LogP contribution >= 0.6 is 12.2 Å². The number of hydrogen-bond donors (Lipinski definition) is 2. The lowest BCUT2D eigenvalue weighted by molar-refractivity contribution is 0.0598. The molecule has 8 nitrogen and oxygen atoms in total. The van der Waals surface area contributed by atoms with Crippen molar-refractivity contribution >= 4 is 23.2 Å². The molecule has 0 amide bonds. The number of esters is 1. The van der Waals surface area contributed by atoms with Gasteiger partial charge in [0.2, 0.25) is 0 Å². The zero-order chi connectivity index (χ0) is 32.0. The molecule has 0 unspecified atom stereocenters. The molecular formula is C36H40N2O6S. The molecule has 4 aromatic rings. The van der Waals surface area contributed by atoms with Crippen molar-refractivity contribution in [1.82, 2.24) is 5.43 Å². The quantitative estimate of drug-likeness (QED) is 0.0434. The first-order chi connectivity index (χ1) is 22.0. The highest BCUT2D eigenvalue weighted by molar-refractivity contribution is 7.80. The van der Waals surface area contributed by atoms with E-state index in [2.05, 4.69) is 19.3 Å².